The molecule has 3 N–H and O–H groups in total. The number of amides is 1. The third kappa shape index (κ3) is 4.64. The van der Waals surface area contributed by atoms with Gasteiger partial charge in [-0.05, 0) is 36.4 Å². The molecule has 190 valence electrons. The maximum absolute atomic E-state index is 14.9. The molecular weight excluding hydrogens is 529 g/mol. The number of benzene rings is 2. The molecule has 0 bridgehead atoms. The van der Waals surface area contributed by atoms with E-state index in [0.29, 0.717) is 11.9 Å². The molecule has 2 aromatic heterocycles. The van der Waals surface area contributed by atoms with Crippen LogP contribution in [-0.2, 0) is 0 Å². The molecule has 37 heavy (non-hydrogen) atoms. The molecule has 1 saturated heterocycles. The van der Waals surface area contributed by atoms with Crippen molar-refractivity contribution in [1.82, 2.24) is 9.55 Å². The van der Waals surface area contributed by atoms with Gasteiger partial charge in [-0.25, -0.2) is 13.8 Å². The highest BCUT2D eigenvalue weighted by molar-refractivity contribution is 6.40. The standard InChI is InChI=1S/C25H18Cl2F2N4O4/c26-15-2-1-3-16(27)22(15)31-25(37)14-9-33(18-6-4-12(28)8-17(18)29)24-13(23(14)36)5-7-21(30-24)32-10-19(34)20(35)11-32/h1-9,19-20,34-35H,10-11H2,(H,31,37)/t19-,20-/m1/s1. The van der Waals surface area contributed by atoms with Gasteiger partial charge in [-0.1, -0.05) is 29.3 Å². The average Bonchev–Trinajstić information content (AvgIpc) is 3.20. The third-order valence-electron chi connectivity index (χ3n) is 6.03. The Morgan fingerprint density at radius 1 is 1.03 bits per heavy atom. The van der Waals surface area contributed by atoms with Crippen LogP contribution in [0.4, 0.5) is 20.3 Å². The van der Waals surface area contributed by atoms with E-state index in [1.807, 2.05) is 0 Å². The number of nitrogens with zero attached hydrogens (tertiary/aromatic N) is 3. The molecule has 2 atom stereocenters. The van der Waals surface area contributed by atoms with Crippen LogP contribution in [0.1, 0.15) is 10.4 Å². The second-order valence-electron chi connectivity index (χ2n) is 8.47. The Bertz CT molecular complexity index is 1580. The van der Waals surface area contributed by atoms with Gasteiger partial charge in [-0.15, -0.1) is 0 Å². The summed E-state index contributed by atoms with van der Waals surface area (Å²) in [4.78, 5) is 32.6. The van der Waals surface area contributed by atoms with Crippen molar-refractivity contribution in [2.75, 3.05) is 23.3 Å². The Labute approximate surface area is 218 Å². The number of aliphatic hydroxyl groups excluding tert-OH is 2. The number of carbonyl (C=O) groups excluding carboxylic acids is 1. The van der Waals surface area contributed by atoms with Gasteiger partial charge in [-0.2, -0.15) is 0 Å². The van der Waals surface area contributed by atoms with Gasteiger partial charge in [0.15, 0.2) is 5.65 Å². The van der Waals surface area contributed by atoms with Crippen molar-refractivity contribution in [2.45, 2.75) is 12.2 Å². The smallest absolute Gasteiger partial charge is 0.261 e. The Morgan fingerprint density at radius 2 is 1.70 bits per heavy atom. The molecule has 0 unspecified atom stereocenters. The first-order valence-corrected chi connectivity index (χ1v) is 11.8. The lowest BCUT2D eigenvalue weighted by Crippen LogP contribution is -2.26. The summed E-state index contributed by atoms with van der Waals surface area (Å²) in [5, 5.41) is 22.6. The third-order valence-corrected chi connectivity index (χ3v) is 6.66. The number of hydrogen-bond acceptors (Lipinski definition) is 6. The zero-order valence-electron chi connectivity index (χ0n) is 18.8. The quantitative estimate of drug-likeness (QED) is 0.359. The van der Waals surface area contributed by atoms with Gasteiger partial charge in [0.05, 0.1) is 39.0 Å². The predicted octanol–water partition coefficient (Wildman–Crippen LogP) is 3.76. The molecule has 8 nitrogen and oxygen atoms in total. The molecular formula is C25H18Cl2F2N4O4. The molecule has 1 aliphatic rings. The predicted molar refractivity (Wildman–Crippen MR) is 136 cm³/mol. The Morgan fingerprint density at radius 3 is 2.35 bits per heavy atom. The fourth-order valence-corrected chi connectivity index (χ4v) is 4.64. The SMILES string of the molecule is O=C(Nc1c(Cl)cccc1Cl)c1cn(-c2ccc(F)cc2F)c2nc(N3C[C@@H](O)[C@H](O)C3)ccc2c1=O. The molecule has 0 aliphatic carbocycles. The lowest BCUT2D eigenvalue weighted by atomic mass is 10.1. The van der Waals surface area contributed by atoms with Crippen molar-refractivity contribution in [3.05, 3.63) is 92.2 Å². The number of aromatic nitrogens is 2. The van der Waals surface area contributed by atoms with Crippen molar-refractivity contribution >= 4 is 51.6 Å². The minimum Gasteiger partial charge on any atom is -0.389 e. The molecule has 2 aromatic carbocycles. The minimum atomic E-state index is -0.989. The topological polar surface area (TPSA) is 108 Å². The maximum Gasteiger partial charge on any atom is 0.261 e. The zero-order chi connectivity index (χ0) is 26.4. The second kappa shape index (κ2) is 9.71. The first-order chi connectivity index (χ1) is 17.6. The molecule has 0 saturated carbocycles. The van der Waals surface area contributed by atoms with E-state index < -0.39 is 35.2 Å². The van der Waals surface area contributed by atoms with Crippen LogP contribution in [0.2, 0.25) is 10.0 Å². The molecule has 4 aromatic rings. The normalized spacial score (nSPS) is 17.4. The molecule has 1 aliphatic heterocycles. The maximum atomic E-state index is 14.9. The van der Waals surface area contributed by atoms with E-state index in [4.69, 9.17) is 23.2 Å². The molecule has 1 fully saturated rings. The van der Waals surface area contributed by atoms with Crippen molar-refractivity contribution < 1.29 is 23.8 Å². The summed E-state index contributed by atoms with van der Waals surface area (Å²) in [6.07, 6.45) is -0.875. The first kappa shape index (κ1) is 25.1. The van der Waals surface area contributed by atoms with Crippen molar-refractivity contribution in [1.29, 1.82) is 0 Å². The first-order valence-electron chi connectivity index (χ1n) is 11.0. The van der Waals surface area contributed by atoms with Crippen molar-refractivity contribution in [2.24, 2.45) is 0 Å². The summed E-state index contributed by atoms with van der Waals surface area (Å²) < 4.78 is 29.7. The van der Waals surface area contributed by atoms with E-state index in [0.717, 1.165) is 18.3 Å². The van der Waals surface area contributed by atoms with Crippen LogP contribution in [0.15, 0.2) is 59.5 Å². The van der Waals surface area contributed by atoms with Crippen LogP contribution in [0, 0.1) is 11.6 Å². The lowest BCUT2D eigenvalue weighted by molar-refractivity contribution is 0.0572. The van der Waals surface area contributed by atoms with Gasteiger partial charge in [0.2, 0.25) is 5.43 Å². The van der Waals surface area contributed by atoms with Crippen LogP contribution >= 0.6 is 23.2 Å². The summed E-state index contributed by atoms with van der Waals surface area (Å²) in [6.45, 7) is 0.182. The summed E-state index contributed by atoms with van der Waals surface area (Å²) in [7, 11) is 0. The monoisotopic (exact) mass is 546 g/mol. The van der Waals surface area contributed by atoms with Crippen molar-refractivity contribution in [3.8, 4) is 5.69 Å². The van der Waals surface area contributed by atoms with Crippen LogP contribution in [0.5, 0.6) is 0 Å². The van der Waals surface area contributed by atoms with Crippen LogP contribution in [-0.4, -0.2) is 51.0 Å². The Hall–Kier alpha value is -3.57. The molecule has 0 spiro atoms. The number of carbonyl (C=O) groups is 1. The van der Waals surface area contributed by atoms with E-state index in [1.165, 1.54) is 28.8 Å². The van der Waals surface area contributed by atoms with Gasteiger partial charge in [0.25, 0.3) is 5.91 Å². The van der Waals surface area contributed by atoms with Gasteiger partial charge in [0, 0.05) is 25.4 Å². The molecule has 5 rings (SSSR count). The number of β-amino-alcohol motifs (C(OH)–C–C–N with tert-alkyl or cyclic N) is 2. The summed E-state index contributed by atoms with van der Waals surface area (Å²) in [6, 6.07) is 10.4. The second-order valence-corrected chi connectivity index (χ2v) is 9.28. The number of nitrogens with one attached hydrogen (secondary N) is 1. The lowest BCUT2D eigenvalue weighted by Gasteiger charge is -2.19. The highest BCUT2D eigenvalue weighted by Gasteiger charge is 2.31. The van der Waals surface area contributed by atoms with E-state index in [2.05, 4.69) is 10.3 Å². The Kier molecular flexibility index (Phi) is 6.59. The number of hydrogen-bond donors (Lipinski definition) is 3. The van der Waals surface area contributed by atoms with Crippen LogP contribution in [0.25, 0.3) is 16.7 Å². The van der Waals surface area contributed by atoms with Crippen LogP contribution in [0.3, 0.4) is 0 Å². The van der Waals surface area contributed by atoms with Gasteiger partial charge < -0.3 is 20.4 Å². The summed E-state index contributed by atoms with van der Waals surface area (Å²) >= 11 is 12.3. The Balaban J connectivity index is 1.69. The number of aliphatic hydroxyl groups is 2. The molecule has 0 radical (unpaired) electrons. The highest BCUT2D eigenvalue weighted by Crippen LogP contribution is 2.30. The van der Waals surface area contributed by atoms with Crippen molar-refractivity contribution in [3.63, 3.8) is 0 Å². The van der Waals surface area contributed by atoms with Gasteiger partial charge in [-0.3, -0.25) is 14.2 Å². The number of anilines is 2. The van der Waals surface area contributed by atoms with E-state index in [1.54, 1.807) is 11.0 Å². The fraction of sp³-hybridized carbons (Fsp3) is 0.160. The molecule has 12 heteroatoms. The number of rotatable bonds is 4. The van der Waals surface area contributed by atoms with E-state index in [-0.39, 0.29) is 51.1 Å². The number of para-hydroxylation sites is 1. The zero-order valence-corrected chi connectivity index (χ0v) is 20.3. The minimum absolute atomic E-state index is 0.0174. The molecule has 1 amide bonds. The largest absolute Gasteiger partial charge is 0.389 e. The highest BCUT2D eigenvalue weighted by atomic mass is 35.5. The van der Waals surface area contributed by atoms with E-state index >= 15 is 0 Å². The summed E-state index contributed by atoms with van der Waals surface area (Å²) in [5.41, 5.74) is -1.16. The number of halogens is 4. The summed E-state index contributed by atoms with van der Waals surface area (Å²) in [5.74, 6) is -2.32. The van der Waals surface area contributed by atoms with Gasteiger partial charge in [0.1, 0.15) is 23.0 Å². The fourth-order valence-electron chi connectivity index (χ4n) is 4.15. The number of fused-ring (bicyclic) bond motifs is 1. The van der Waals surface area contributed by atoms with E-state index in [9.17, 15) is 28.6 Å². The van der Waals surface area contributed by atoms with Crippen LogP contribution < -0.4 is 15.6 Å². The number of pyridine rings is 2. The average molecular weight is 547 g/mol. The molecule has 3 heterocycles. The van der Waals surface area contributed by atoms with Gasteiger partial charge >= 0.3 is 0 Å².